The number of hydrogen-bond donors (Lipinski definition) is 0. The number of nitrogens with zero attached hydrogens (tertiary/aromatic N) is 4. The molecular formula is C80H52N4. The number of rotatable bonds is 9. The molecule has 0 saturated carbocycles. The van der Waals surface area contributed by atoms with Crippen molar-refractivity contribution in [1.29, 1.82) is 0 Å². The molecule has 4 heteroatoms. The summed E-state index contributed by atoms with van der Waals surface area (Å²) < 4.78 is 7.16. The molecule has 84 heavy (non-hydrogen) atoms. The lowest BCUT2D eigenvalue weighted by atomic mass is 9.93. The zero-order valence-corrected chi connectivity index (χ0v) is 45.8. The highest BCUT2D eigenvalue weighted by Gasteiger charge is 2.23. The summed E-state index contributed by atoms with van der Waals surface area (Å²) in [7, 11) is 0. The van der Waals surface area contributed by atoms with Gasteiger partial charge in [0, 0.05) is 65.8 Å². The van der Waals surface area contributed by atoms with Crippen LogP contribution >= 0.6 is 0 Å². The molecule has 0 unspecified atom stereocenters. The van der Waals surface area contributed by atoms with Crippen LogP contribution in [0.1, 0.15) is 0 Å². The lowest BCUT2D eigenvalue weighted by Gasteiger charge is -2.29. The molecule has 0 N–H and O–H groups in total. The van der Waals surface area contributed by atoms with Gasteiger partial charge in [0.25, 0.3) is 0 Å². The summed E-state index contributed by atoms with van der Waals surface area (Å²) in [5, 5.41) is 12.2. The molecule has 0 aliphatic carbocycles. The van der Waals surface area contributed by atoms with E-state index in [1.807, 2.05) is 0 Å². The van der Waals surface area contributed by atoms with Gasteiger partial charge in [0.2, 0.25) is 0 Å². The summed E-state index contributed by atoms with van der Waals surface area (Å²) in [4.78, 5) is 2.49. The van der Waals surface area contributed by atoms with E-state index >= 15 is 0 Å². The quantitative estimate of drug-likeness (QED) is 0.141. The molecule has 3 heterocycles. The van der Waals surface area contributed by atoms with Gasteiger partial charge in [-0.2, -0.15) is 0 Å². The van der Waals surface area contributed by atoms with E-state index in [0.29, 0.717) is 0 Å². The summed E-state index contributed by atoms with van der Waals surface area (Å²) in [6.45, 7) is 0. The third kappa shape index (κ3) is 7.48. The minimum Gasteiger partial charge on any atom is -0.309 e. The van der Waals surface area contributed by atoms with E-state index in [0.717, 1.165) is 45.3 Å². The Hall–Kier alpha value is -11.2. The average Bonchev–Trinajstić information content (AvgIpc) is 2.91. The van der Waals surface area contributed by atoms with E-state index in [4.69, 9.17) is 0 Å². The van der Waals surface area contributed by atoms with Gasteiger partial charge < -0.3 is 18.6 Å². The lowest BCUT2D eigenvalue weighted by Crippen LogP contribution is -2.11. The first-order valence-corrected chi connectivity index (χ1v) is 28.9. The highest BCUT2D eigenvalue weighted by atomic mass is 15.1. The average molecular weight is 1070 g/mol. The molecular weight excluding hydrogens is 1020 g/mol. The van der Waals surface area contributed by atoms with E-state index in [1.165, 1.54) is 109 Å². The van der Waals surface area contributed by atoms with E-state index in [2.05, 4.69) is 334 Å². The minimum atomic E-state index is 1.07. The molecule has 17 rings (SSSR count). The van der Waals surface area contributed by atoms with Gasteiger partial charge in [-0.25, -0.2) is 0 Å². The largest absolute Gasteiger partial charge is 0.309 e. The third-order valence-electron chi connectivity index (χ3n) is 17.4. The van der Waals surface area contributed by atoms with Crippen LogP contribution in [0.2, 0.25) is 0 Å². The maximum absolute atomic E-state index is 2.49. The molecule has 3 aromatic heterocycles. The SMILES string of the molecule is c1ccc(-n2c3ccccc3c3cc(-c4ccc(N(c5ccc(-c6ccc(-n7c8ccccc8c8ccccc87)cc6)cc5)c5ccc(-c6ccc7c(c6)c6ccccc6n7-c6ccccc6)c6ccccc56)c5ccccc45)ccc32)cc1. The molecule has 392 valence electrons. The van der Waals surface area contributed by atoms with Crippen LogP contribution in [0, 0.1) is 0 Å². The summed E-state index contributed by atoms with van der Waals surface area (Å²) in [6.07, 6.45) is 0. The zero-order valence-electron chi connectivity index (χ0n) is 45.8. The Balaban J connectivity index is 0.818. The second-order valence-corrected chi connectivity index (χ2v) is 22.0. The van der Waals surface area contributed by atoms with Crippen LogP contribution in [0.5, 0.6) is 0 Å². The van der Waals surface area contributed by atoms with Crippen LogP contribution in [0.25, 0.3) is 137 Å². The van der Waals surface area contributed by atoms with Gasteiger partial charge in [-0.3, -0.25) is 0 Å². The fraction of sp³-hybridized carbons (Fsp3) is 0. The second kappa shape index (κ2) is 19.2. The highest BCUT2D eigenvalue weighted by Crippen LogP contribution is 2.48. The number of benzene rings is 14. The number of anilines is 3. The smallest absolute Gasteiger partial charge is 0.0541 e. The van der Waals surface area contributed by atoms with Gasteiger partial charge in [-0.1, -0.05) is 206 Å². The number of fused-ring (bicyclic) bond motifs is 11. The Morgan fingerprint density at radius 1 is 0.190 bits per heavy atom. The highest BCUT2D eigenvalue weighted by molar-refractivity contribution is 6.16. The third-order valence-corrected chi connectivity index (χ3v) is 17.4. The maximum Gasteiger partial charge on any atom is 0.0541 e. The van der Waals surface area contributed by atoms with Crippen molar-refractivity contribution in [3.63, 3.8) is 0 Å². The van der Waals surface area contributed by atoms with Gasteiger partial charge >= 0.3 is 0 Å². The van der Waals surface area contributed by atoms with Crippen LogP contribution in [-0.2, 0) is 0 Å². The predicted octanol–water partition coefficient (Wildman–Crippen LogP) is 21.8. The van der Waals surface area contributed by atoms with Crippen molar-refractivity contribution in [2.24, 2.45) is 0 Å². The summed E-state index contributed by atoms with van der Waals surface area (Å²) in [6, 6.07) is 116. The van der Waals surface area contributed by atoms with Crippen LogP contribution in [-0.4, -0.2) is 13.7 Å². The van der Waals surface area contributed by atoms with Crippen LogP contribution < -0.4 is 4.90 Å². The van der Waals surface area contributed by atoms with Crippen LogP contribution in [0.3, 0.4) is 0 Å². The van der Waals surface area contributed by atoms with Crippen molar-refractivity contribution in [3.05, 3.63) is 315 Å². The molecule has 0 fully saturated rings. The first-order valence-electron chi connectivity index (χ1n) is 28.9. The van der Waals surface area contributed by atoms with Crippen molar-refractivity contribution in [3.8, 4) is 50.4 Å². The Bertz CT molecular complexity index is 5120. The Morgan fingerprint density at radius 2 is 0.488 bits per heavy atom. The lowest BCUT2D eigenvalue weighted by molar-refractivity contribution is 1.18. The first-order chi connectivity index (χ1) is 41.7. The summed E-state index contributed by atoms with van der Waals surface area (Å²) in [5.41, 5.74) is 21.0. The van der Waals surface area contributed by atoms with Crippen molar-refractivity contribution < 1.29 is 0 Å². The molecule has 17 aromatic rings. The van der Waals surface area contributed by atoms with Crippen LogP contribution in [0.4, 0.5) is 17.1 Å². The molecule has 4 nitrogen and oxygen atoms in total. The molecule has 0 atom stereocenters. The molecule has 0 aliphatic rings. The molecule has 0 amide bonds. The Kier molecular flexibility index (Phi) is 10.9. The van der Waals surface area contributed by atoms with E-state index < -0.39 is 0 Å². The van der Waals surface area contributed by atoms with Gasteiger partial charge in [0.05, 0.1) is 44.5 Å². The second-order valence-electron chi connectivity index (χ2n) is 22.0. The minimum absolute atomic E-state index is 1.07. The topological polar surface area (TPSA) is 18.0 Å². The van der Waals surface area contributed by atoms with E-state index in [1.54, 1.807) is 0 Å². The predicted molar refractivity (Wildman–Crippen MR) is 355 cm³/mol. The van der Waals surface area contributed by atoms with Gasteiger partial charge in [-0.05, 0) is 153 Å². The maximum atomic E-state index is 2.49. The van der Waals surface area contributed by atoms with Crippen molar-refractivity contribution in [1.82, 2.24) is 13.7 Å². The van der Waals surface area contributed by atoms with Gasteiger partial charge in [-0.15, -0.1) is 0 Å². The van der Waals surface area contributed by atoms with Crippen molar-refractivity contribution >= 4 is 104 Å². The molecule has 0 bridgehead atoms. The standard InChI is InChI=1S/C80H52N4/c1-3-19-57(20-4-1)81-75-33-17-13-29-69(75)71-51-55(39-47-79(71)81)61-45-49-77(65-25-9-7-23-63(61)65)84(60-43-37-54(38-44-60)53-35-41-59(42-36-53)83-73-31-15-11-27-67(73)68-28-12-16-32-74(68)83)78-50-46-62(64-24-8-10-26-66(64)78)56-40-48-80-72(52-56)70-30-14-18-34-76(70)82(80)58-21-5-2-6-22-58/h1-52H. The Labute approximate surface area is 485 Å². The fourth-order valence-corrected chi connectivity index (χ4v) is 13.7. The molecule has 0 saturated heterocycles. The normalized spacial score (nSPS) is 11.8. The van der Waals surface area contributed by atoms with Crippen LogP contribution in [0.15, 0.2) is 315 Å². The van der Waals surface area contributed by atoms with Crippen molar-refractivity contribution in [2.45, 2.75) is 0 Å². The zero-order chi connectivity index (χ0) is 55.2. The van der Waals surface area contributed by atoms with Gasteiger partial charge in [0.15, 0.2) is 0 Å². The number of hydrogen-bond acceptors (Lipinski definition) is 1. The Morgan fingerprint density at radius 3 is 0.893 bits per heavy atom. The summed E-state index contributed by atoms with van der Waals surface area (Å²) >= 11 is 0. The van der Waals surface area contributed by atoms with Gasteiger partial charge in [0.1, 0.15) is 0 Å². The fourth-order valence-electron chi connectivity index (χ4n) is 13.7. The number of para-hydroxylation sites is 6. The summed E-state index contributed by atoms with van der Waals surface area (Å²) in [5.74, 6) is 0. The molecule has 0 spiro atoms. The number of aromatic nitrogens is 3. The molecule has 0 radical (unpaired) electrons. The molecule has 0 aliphatic heterocycles. The van der Waals surface area contributed by atoms with Crippen molar-refractivity contribution in [2.75, 3.05) is 4.90 Å². The molecule has 14 aromatic carbocycles. The monoisotopic (exact) mass is 1070 g/mol. The first kappa shape index (κ1) is 47.6. The van der Waals surface area contributed by atoms with E-state index in [9.17, 15) is 0 Å². The van der Waals surface area contributed by atoms with E-state index in [-0.39, 0.29) is 0 Å².